The van der Waals surface area contributed by atoms with Gasteiger partial charge in [-0.1, -0.05) is 0 Å². The lowest BCUT2D eigenvalue weighted by atomic mass is 10.2. The third-order valence-corrected chi connectivity index (χ3v) is 5.27. The topological polar surface area (TPSA) is 50.6 Å². The molecule has 0 aliphatic carbocycles. The van der Waals surface area contributed by atoms with Gasteiger partial charge in [0.25, 0.3) is 5.91 Å². The molecule has 0 bridgehead atoms. The van der Waals surface area contributed by atoms with Gasteiger partial charge < -0.3 is 14.2 Å². The Morgan fingerprint density at radius 3 is 2.50 bits per heavy atom. The summed E-state index contributed by atoms with van der Waals surface area (Å²) >= 11 is 0. The Kier molecular flexibility index (Phi) is 7.87. The van der Waals surface area contributed by atoms with E-state index in [2.05, 4.69) is 9.88 Å². The fraction of sp³-hybridized carbons (Fsp3) is 0.304. The molecule has 0 saturated carbocycles. The van der Waals surface area contributed by atoms with Gasteiger partial charge in [0.05, 0.1) is 0 Å². The van der Waals surface area contributed by atoms with Crippen molar-refractivity contribution < 1.29 is 9.53 Å². The van der Waals surface area contributed by atoms with Crippen LogP contribution in [0.5, 0.6) is 5.75 Å². The fourth-order valence-corrected chi connectivity index (χ4v) is 3.56. The van der Waals surface area contributed by atoms with Gasteiger partial charge in [0.15, 0.2) is 0 Å². The Balaban J connectivity index is 0.00000256. The molecule has 3 aromatic rings. The van der Waals surface area contributed by atoms with E-state index >= 15 is 0 Å². The number of carbonyl (C=O) groups is 1. The number of carbonyl (C=O) groups excluding carboxylic acids is 1. The van der Waals surface area contributed by atoms with Crippen LogP contribution in [-0.4, -0.2) is 53.6 Å². The number of anilines is 1. The quantitative estimate of drug-likeness (QED) is 0.440. The minimum absolute atomic E-state index is 0. The first-order valence-electron chi connectivity index (χ1n) is 10.0. The maximum Gasteiger partial charge on any atom is 0.276 e. The lowest BCUT2D eigenvalue weighted by molar-refractivity contribution is 0.0988. The highest BCUT2D eigenvalue weighted by Crippen LogP contribution is 2.20. The van der Waals surface area contributed by atoms with Gasteiger partial charge in [-0.3, -0.25) is 14.7 Å². The van der Waals surface area contributed by atoms with E-state index in [4.69, 9.17) is 4.74 Å². The average molecular weight is 518 g/mol. The van der Waals surface area contributed by atoms with Crippen molar-refractivity contribution in [1.29, 1.82) is 0 Å². The maximum atomic E-state index is 12.9. The maximum absolute atomic E-state index is 12.9. The number of hydrogen-bond acceptors (Lipinski definition) is 4. The third kappa shape index (κ3) is 5.40. The van der Waals surface area contributed by atoms with Crippen LogP contribution in [0.4, 0.5) is 5.69 Å². The van der Waals surface area contributed by atoms with E-state index in [1.807, 2.05) is 59.4 Å². The van der Waals surface area contributed by atoms with Crippen molar-refractivity contribution in [2.75, 3.05) is 38.2 Å². The molecule has 0 N–H and O–H groups in total. The van der Waals surface area contributed by atoms with Crippen molar-refractivity contribution in [1.82, 2.24) is 14.5 Å². The van der Waals surface area contributed by atoms with Crippen molar-refractivity contribution in [2.45, 2.75) is 12.8 Å². The molecular weight excluding hydrogens is 491 g/mol. The molecule has 158 valence electrons. The first kappa shape index (κ1) is 22.3. The number of rotatable bonds is 7. The van der Waals surface area contributed by atoms with Crippen LogP contribution in [0.15, 0.2) is 67.1 Å². The molecule has 0 radical (unpaired) electrons. The van der Waals surface area contributed by atoms with Gasteiger partial charge in [-0.25, -0.2) is 0 Å². The van der Waals surface area contributed by atoms with E-state index in [1.165, 1.54) is 25.9 Å². The first-order valence-corrected chi connectivity index (χ1v) is 10.0. The second kappa shape index (κ2) is 10.6. The number of halogens is 1. The Labute approximate surface area is 194 Å². The summed E-state index contributed by atoms with van der Waals surface area (Å²) in [5, 5.41) is 0. The summed E-state index contributed by atoms with van der Waals surface area (Å²) in [4.78, 5) is 21.2. The van der Waals surface area contributed by atoms with Crippen molar-refractivity contribution in [3.05, 3.63) is 72.8 Å². The van der Waals surface area contributed by atoms with Crippen molar-refractivity contribution in [2.24, 2.45) is 0 Å². The standard InChI is InChI=1S/C23H26N4O2.HI/c1-25(23(28)22-18-20(10-11-24-22)27-14-4-5-15-27)19-6-8-21(9-7-19)29-17-16-26-12-2-3-13-26;/h4-11,14-15,18H,2-3,12-13,16-17H2,1H3;1H. The van der Waals surface area contributed by atoms with Crippen LogP contribution in [0, 0.1) is 0 Å². The molecule has 0 atom stereocenters. The number of benzene rings is 1. The minimum Gasteiger partial charge on any atom is -0.492 e. The lowest BCUT2D eigenvalue weighted by Gasteiger charge is -2.18. The van der Waals surface area contributed by atoms with E-state index in [9.17, 15) is 4.79 Å². The SMILES string of the molecule is CN(C(=O)c1cc(-n2cccc2)ccn1)c1ccc(OCCN2CCCC2)cc1.I. The summed E-state index contributed by atoms with van der Waals surface area (Å²) in [5.74, 6) is 0.670. The molecule has 3 heterocycles. The predicted octanol–water partition coefficient (Wildman–Crippen LogP) is 4.24. The van der Waals surface area contributed by atoms with Gasteiger partial charge in [-0.15, -0.1) is 24.0 Å². The molecule has 6 nitrogen and oxygen atoms in total. The van der Waals surface area contributed by atoms with Gasteiger partial charge in [0, 0.05) is 43.6 Å². The Morgan fingerprint density at radius 1 is 1.10 bits per heavy atom. The molecular formula is C23H27IN4O2. The third-order valence-electron chi connectivity index (χ3n) is 5.27. The number of amides is 1. The smallest absolute Gasteiger partial charge is 0.276 e. The molecule has 1 aromatic carbocycles. The zero-order chi connectivity index (χ0) is 20.1. The van der Waals surface area contributed by atoms with E-state index in [-0.39, 0.29) is 29.9 Å². The van der Waals surface area contributed by atoms with Crippen molar-refractivity contribution in [3.63, 3.8) is 0 Å². The minimum atomic E-state index is -0.151. The Morgan fingerprint density at radius 2 is 1.80 bits per heavy atom. The summed E-state index contributed by atoms with van der Waals surface area (Å²) in [6.45, 7) is 4.00. The number of aromatic nitrogens is 2. The normalized spacial score (nSPS) is 13.6. The second-order valence-electron chi connectivity index (χ2n) is 7.24. The van der Waals surface area contributed by atoms with Gasteiger partial charge in [-0.05, 0) is 74.5 Å². The summed E-state index contributed by atoms with van der Waals surface area (Å²) in [7, 11) is 1.76. The highest BCUT2D eigenvalue weighted by Gasteiger charge is 2.16. The molecule has 30 heavy (non-hydrogen) atoms. The zero-order valence-corrected chi connectivity index (χ0v) is 19.4. The lowest BCUT2D eigenvalue weighted by Crippen LogP contribution is -2.27. The molecule has 4 rings (SSSR count). The molecule has 1 aliphatic heterocycles. The van der Waals surface area contributed by atoms with Crippen LogP contribution in [-0.2, 0) is 0 Å². The number of ether oxygens (including phenoxy) is 1. The van der Waals surface area contributed by atoms with E-state index in [0.717, 1.165) is 23.7 Å². The molecule has 0 spiro atoms. The number of likely N-dealkylation sites (tertiary alicyclic amines) is 1. The fourth-order valence-electron chi connectivity index (χ4n) is 3.56. The summed E-state index contributed by atoms with van der Waals surface area (Å²) < 4.78 is 7.80. The molecule has 1 aliphatic rings. The Hall–Kier alpha value is -2.39. The number of hydrogen-bond donors (Lipinski definition) is 0. The highest BCUT2D eigenvalue weighted by atomic mass is 127. The molecule has 0 unspecified atom stereocenters. The van der Waals surface area contributed by atoms with Gasteiger partial charge in [0.2, 0.25) is 0 Å². The van der Waals surface area contributed by atoms with Gasteiger partial charge >= 0.3 is 0 Å². The number of nitrogens with zero attached hydrogens (tertiary/aromatic N) is 4. The summed E-state index contributed by atoms with van der Waals surface area (Å²) in [6, 6.07) is 15.2. The van der Waals surface area contributed by atoms with Crippen molar-refractivity contribution in [3.8, 4) is 11.4 Å². The zero-order valence-electron chi connectivity index (χ0n) is 17.1. The Bertz CT molecular complexity index is 938. The van der Waals surface area contributed by atoms with Crippen LogP contribution in [0.25, 0.3) is 5.69 Å². The molecule has 2 aromatic heterocycles. The molecule has 1 fully saturated rings. The molecule has 7 heteroatoms. The van der Waals surface area contributed by atoms with Crippen LogP contribution in [0.2, 0.25) is 0 Å². The van der Waals surface area contributed by atoms with E-state index in [1.54, 1.807) is 24.2 Å². The average Bonchev–Trinajstić information content (AvgIpc) is 3.48. The number of pyridine rings is 1. The predicted molar refractivity (Wildman–Crippen MR) is 129 cm³/mol. The first-order chi connectivity index (χ1) is 14.2. The second-order valence-corrected chi connectivity index (χ2v) is 7.24. The van der Waals surface area contributed by atoms with Crippen LogP contribution < -0.4 is 9.64 Å². The molecule has 1 amide bonds. The van der Waals surface area contributed by atoms with Crippen LogP contribution in [0.3, 0.4) is 0 Å². The van der Waals surface area contributed by atoms with E-state index < -0.39 is 0 Å². The van der Waals surface area contributed by atoms with Gasteiger partial charge in [-0.2, -0.15) is 0 Å². The summed E-state index contributed by atoms with van der Waals surface area (Å²) in [5.41, 5.74) is 2.11. The van der Waals surface area contributed by atoms with Gasteiger partial charge in [0.1, 0.15) is 18.1 Å². The highest BCUT2D eigenvalue weighted by molar-refractivity contribution is 14.0. The van der Waals surface area contributed by atoms with Crippen LogP contribution in [0.1, 0.15) is 23.3 Å². The van der Waals surface area contributed by atoms with Crippen LogP contribution >= 0.6 is 24.0 Å². The van der Waals surface area contributed by atoms with Crippen molar-refractivity contribution >= 4 is 35.6 Å². The summed E-state index contributed by atoms with van der Waals surface area (Å²) in [6.07, 6.45) is 8.12. The molecule has 1 saturated heterocycles. The van der Waals surface area contributed by atoms with E-state index in [0.29, 0.717) is 12.3 Å². The monoisotopic (exact) mass is 518 g/mol. The largest absolute Gasteiger partial charge is 0.492 e.